The van der Waals surface area contributed by atoms with Gasteiger partial charge in [0.25, 0.3) is 5.69 Å². The van der Waals surface area contributed by atoms with E-state index in [1.807, 2.05) is 19.9 Å². The molecular weight excluding hydrogens is 322 g/mol. The Bertz CT molecular complexity index is 857. The molecule has 0 unspecified atom stereocenters. The molecule has 6 heteroatoms. The lowest BCUT2D eigenvalue weighted by atomic mass is 10.0. The van der Waals surface area contributed by atoms with E-state index in [-0.39, 0.29) is 22.6 Å². The first-order valence-corrected chi connectivity index (χ1v) is 7.78. The molecule has 2 rings (SSSR count). The van der Waals surface area contributed by atoms with Crippen molar-refractivity contribution in [2.45, 2.75) is 33.8 Å². The average Bonchev–Trinajstić information content (AvgIpc) is 2.56. The third-order valence-corrected chi connectivity index (χ3v) is 4.17. The number of hydrogen-bond acceptors (Lipinski definition) is 5. The molecule has 130 valence electrons. The third kappa shape index (κ3) is 3.91. The second kappa shape index (κ2) is 7.25. The van der Waals surface area contributed by atoms with E-state index in [1.54, 1.807) is 12.1 Å². The van der Waals surface area contributed by atoms with Gasteiger partial charge >= 0.3 is 5.97 Å². The van der Waals surface area contributed by atoms with E-state index in [2.05, 4.69) is 0 Å². The number of ether oxygens (including phenoxy) is 1. The van der Waals surface area contributed by atoms with Crippen LogP contribution in [0.25, 0.3) is 0 Å². The number of Topliss-reactive ketones (excluding diaryl/α,β-unsaturated/α-hetero) is 1. The monoisotopic (exact) mass is 341 g/mol. The maximum Gasteiger partial charge on any atom is 0.339 e. The Labute approximate surface area is 145 Å². The minimum atomic E-state index is -0.992. The second-order valence-electron chi connectivity index (χ2n) is 5.92. The van der Waals surface area contributed by atoms with Gasteiger partial charge in [-0.3, -0.25) is 14.9 Å². The Balaban J connectivity index is 2.20. The number of rotatable bonds is 5. The minimum Gasteiger partial charge on any atom is -0.451 e. The van der Waals surface area contributed by atoms with E-state index < -0.39 is 17.0 Å². The fourth-order valence-electron chi connectivity index (χ4n) is 2.45. The first kappa shape index (κ1) is 18.3. The van der Waals surface area contributed by atoms with Crippen LogP contribution in [-0.2, 0) is 4.74 Å². The standard InChI is InChI=1S/C19H19NO5/c1-11-8-9-15(10-12(11)2)18(21)14(4)25-19(22)16-6-5-7-17(13(16)3)20(23)24/h5-10,14H,1-4H3/t14-/m1/s1. The predicted octanol–water partition coefficient (Wildman–Crippen LogP) is 3.95. The summed E-state index contributed by atoms with van der Waals surface area (Å²) < 4.78 is 5.23. The van der Waals surface area contributed by atoms with Crippen LogP contribution < -0.4 is 0 Å². The summed E-state index contributed by atoms with van der Waals surface area (Å²) >= 11 is 0. The van der Waals surface area contributed by atoms with Crippen molar-refractivity contribution >= 4 is 17.4 Å². The molecule has 25 heavy (non-hydrogen) atoms. The number of nitro benzene ring substituents is 1. The molecular formula is C19H19NO5. The van der Waals surface area contributed by atoms with Gasteiger partial charge in [0.15, 0.2) is 6.10 Å². The zero-order valence-electron chi connectivity index (χ0n) is 14.5. The summed E-state index contributed by atoms with van der Waals surface area (Å²) in [6, 6.07) is 9.45. The van der Waals surface area contributed by atoms with Gasteiger partial charge in [0.2, 0.25) is 5.78 Å². The number of hydrogen-bond donors (Lipinski definition) is 0. The van der Waals surface area contributed by atoms with Crippen LogP contribution >= 0.6 is 0 Å². The van der Waals surface area contributed by atoms with Crippen molar-refractivity contribution in [1.82, 2.24) is 0 Å². The topological polar surface area (TPSA) is 86.5 Å². The first-order valence-electron chi connectivity index (χ1n) is 7.78. The van der Waals surface area contributed by atoms with E-state index in [4.69, 9.17) is 4.74 Å². The van der Waals surface area contributed by atoms with Crippen LogP contribution in [0, 0.1) is 30.9 Å². The highest BCUT2D eigenvalue weighted by Crippen LogP contribution is 2.22. The smallest absolute Gasteiger partial charge is 0.339 e. The van der Waals surface area contributed by atoms with E-state index in [1.165, 1.54) is 32.0 Å². The molecule has 0 bridgehead atoms. The van der Waals surface area contributed by atoms with Crippen molar-refractivity contribution in [2.24, 2.45) is 0 Å². The van der Waals surface area contributed by atoms with Gasteiger partial charge in [-0.05, 0) is 51.0 Å². The lowest BCUT2D eigenvalue weighted by Gasteiger charge is -2.14. The lowest BCUT2D eigenvalue weighted by Crippen LogP contribution is -2.25. The SMILES string of the molecule is Cc1ccc(C(=O)[C@@H](C)OC(=O)c2cccc([N+](=O)[O-])c2C)cc1C. The fourth-order valence-corrected chi connectivity index (χ4v) is 2.45. The number of aryl methyl sites for hydroxylation is 2. The first-order chi connectivity index (χ1) is 11.7. The second-order valence-corrected chi connectivity index (χ2v) is 5.92. The van der Waals surface area contributed by atoms with Crippen LogP contribution in [0.2, 0.25) is 0 Å². The van der Waals surface area contributed by atoms with Crippen molar-refractivity contribution in [3.05, 3.63) is 74.3 Å². The molecule has 0 fully saturated rings. The van der Waals surface area contributed by atoms with Crippen molar-refractivity contribution < 1.29 is 19.2 Å². The Morgan fingerprint density at radius 3 is 2.36 bits per heavy atom. The van der Waals surface area contributed by atoms with Gasteiger partial charge in [-0.2, -0.15) is 0 Å². The van der Waals surface area contributed by atoms with Gasteiger partial charge in [-0.25, -0.2) is 4.79 Å². The van der Waals surface area contributed by atoms with Crippen LogP contribution in [0.5, 0.6) is 0 Å². The number of ketones is 1. The van der Waals surface area contributed by atoms with Crippen molar-refractivity contribution in [3.63, 3.8) is 0 Å². The van der Waals surface area contributed by atoms with Crippen LogP contribution in [0.3, 0.4) is 0 Å². The van der Waals surface area contributed by atoms with Crippen LogP contribution in [-0.4, -0.2) is 22.8 Å². The highest BCUT2D eigenvalue weighted by Gasteiger charge is 2.24. The Kier molecular flexibility index (Phi) is 5.32. The van der Waals surface area contributed by atoms with Gasteiger partial charge in [0.1, 0.15) is 0 Å². The molecule has 0 aliphatic carbocycles. The molecule has 1 atom stereocenters. The minimum absolute atomic E-state index is 0.0777. The Morgan fingerprint density at radius 1 is 1.08 bits per heavy atom. The summed E-state index contributed by atoms with van der Waals surface area (Å²) in [4.78, 5) is 35.2. The number of benzene rings is 2. The number of carbonyl (C=O) groups is 2. The molecule has 2 aromatic rings. The third-order valence-electron chi connectivity index (χ3n) is 4.17. The molecule has 0 aliphatic rings. The predicted molar refractivity (Wildman–Crippen MR) is 93.0 cm³/mol. The molecule has 6 nitrogen and oxygen atoms in total. The quantitative estimate of drug-likeness (QED) is 0.356. The van der Waals surface area contributed by atoms with Gasteiger partial charge < -0.3 is 4.74 Å². The van der Waals surface area contributed by atoms with Gasteiger partial charge in [0, 0.05) is 17.2 Å². The van der Waals surface area contributed by atoms with Gasteiger partial charge in [-0.15, -0.1) is 0 Å². The maximum atomic E-state index is 12.4. The highest BCUT2D eigenvalue weighted by molar-refractivity contribution is 6.02. The Morgan fingerprint density at radius 2 is 1.76 bits per heavy atom. The summed E-state index contributed by atoms with van der Waals surface area (Å²) in [5.74, 6) is -1.08. The number of nitrogens with zero attached hydrogens (tertiary/aromatic N) is 1. The van der Waals surface area contributed by atoms with Gasteiger partial charge in [-0.1, -0.05) is 18.2 Å². The maximum absolute atomic E-state index is 12.4. The van der Waals surface area contributed by atoms with E-state index in [0.717, 1.165) is 11.1 Å². The van der Waals surface area contributed by atoms with Crippen LogP contribution in [0.4, 0.5) is 5.69 Å². The van der Waals surface area contributed by atoms with Crippen molar-refractivity contribution in [2.75, 3.05) is 0 Å². The molecule has 0 amide bonds. The molecule has 2 aromatic carbocycles. The number of esters is 1. The summed E-state index contributed by atoms with van der Waals surface area (Å²) in [6.45, 7) is 6.81. The molecule has 0 radical (unpaired) electrons. The molecule has 0 spiro atoms. The molecule has 0 N–H and O–H groups in total. The molecule has 0 heterocycles. The zero-order valence-corrected chi connectivity index (χ0v) is 14.5. The Hall–Kier alpha value is -3.02. The van der Waals surface area contributed by atoms with E-state index >= 15 is 0 Å². The van der Waals surface area contributed by atoms with E-state index in [9.17, 15) is 19.7 Å². The summed E-state index contributed by atoms with van der Waals surface area (Å²) in [5.41, 5.74) is 2.62. The summed E-state index contributed by atoms with van der Waals surface area (Å²) in [5, 5.41) is 11.0. The molecule has 0 aromatic heterocycles. The van der Waals surface area contributed by atoms with Crippen molar-refractivity contribution in [3.8, 4) is 0 Å². The molecule has 0 saturated carbocycles. The number of carbonyl (C=O) groups excluding carboxylic acids is 2. The fraction of sp³-hybridized carbons (Fsp3) is 0.263. The van der Waals surface area contributed by atoms with Crippen molar-refractivity contribution in [1.29, 1.82) is 0 Å². The summed E-state index contributed by atoms with van der Waals surface area (Å²) in [6.07, 6.45) is -0.992. The van der Waals surface area contributed by atoms with Gasteiger partial charge in [0.05, 0.1) is 10.5 Å². The van der Waals surface area contributed by atoms with E-state index in [0.29, 0.717) is 5.56 Å². The highest BCUT2D eigenvalue weighted by atomic mass is 16.6. The summed E-state index contributed by atoms with van der Waals surface area (Å²) in [7, 11) is 0. The number of nitro groups is 1. The van der Waals surface area contributed by atoms with Crippen LogP contribution in [0.1, 0.15) is 44.3 Å². The normalized spacial score (nSPS) is 11.7. The molecule has 0 aliphatic heterocycles. The zero-order chi connectivity index (χ0) is 18.7. The average molecular weight is 341 g/mol. The van der Waals surface area contributed by atoms with Crippen LogP contribution in [0.15, 0.2) is 36.4 Å². The lowest BCUT2D eigenvalue weighted by molar-refractivity contribution is -0.385. The molecule has 0 saturated heterocycles. The largest absolute Gasteiger partial charge is 0.451 e.